The van der Waals surface area contributed by atoms with Crippen molar-refractivity contribution in [2.24, 2.45) is 17.3 Å². The first-order chi connectivity index (χ1) is 15.1. The number of likely N-dealkylation sites (tertiary alicyclic amines) is 2. The molecule has 2 saturated heterocycles. The van der Waals surface area contributed by atoms with Crippen LogP contribution < -0.4 is 0 Å². The van der Waals surface area contributed by atoms with Gasteiger partial charge in [0.05, 0.1) is 5.41 Å². The standard InChI is InChI=1S/C26H43N3O2/c27-23-20-26(19-22-11-5-2-6-12-22,15-14-21-9-3-1-4-10-21)25(31)29(23)18-8-17-28-16-7-13-24(28)30/h21-22,27H,1-20H2/t26-/m0/s1. The second-order valence-electron chi connectivity index (χ2n) is 10.9. The van der Waals surface area contributed by atoms with E-state index >= 15 is 0 Å². The fraction of sp³-hybridized carbons (Fsp3) is 0.885. The Kier molecular flexibility index (Phi) is 7.71. The summed E-state index contributed by atoms with van der Waals surface area (Å²) >= 11 is 0. The van der Waals surface area contributed by atoms with Gasteiger partial charge in [0.1, 0.15) is 5.84 Å². The minimum atomic E-state index is -0.319. The predicted molar refractivity (Wildman–Crippen MR) is 124 cm³/mol. The van der Waals surface area contributed by atoms with Gasteiger partial charge in [0.2, 0.25) is 11.8 Å². The lowest BCUT2D eigenvalue weighted by Gasteiger charge is -2.34. The van der Waals surface area contributed by atoms with Crippen LogP contribution in [0.5, 0.6) is 0 Å². The van der Waals surface area contributed by atoms with E-state index in [0.29, 0.717) is 31.1 Å². The molecule has 2 aliphatic carbocycles. The first kappa shape index (κ1) is 22.8. The Balaban J connectivity index is 1.39. The van der Waals surface area contributed by atoms with Crippen molar-refractivity contribution in [1.29, 1.82) is 5.41 Å². The average Bonchev–Trinajstić information content (AvgIpc) is 3.29. The van der Waals surface area contributed by atoms with E-state index in [9.17, 15) is 9.59 Å². The lowest BCUT2D eigenvalue weighted by molar-refractivity contribution is -0.136. The first-order valence-electron chi connectivity index (χ1n) is 13.2. The van der Waals surface area contributed by atoms with Gasteiger partial charge in [0.25, 0.3) is 0 Å². The van der Waals surface area contributed by atoms with E-state index < -0.39 is 0 Å². The van der Waals surface area contributed by atoms with Crippen LogP contribution in [0.3, 0.4) is 0 Å². The Bertz CT molecular complexity index is 651. The smallest absolute Gasteiger partial charge is 0.234 e. The number of nitrogens with one attached hydrogen (secondary N) is 1. The Morgan fingerprint density at radius 2 is 1.55 bits per heavy atom. The molecule has 0 aromatic carbocycles. The third-order valence-corrected chi connectivity index (χ3v) is 8.67. The molecular formula is C26H43N3O2. The Morgan fingerprint density at radius 3 is 2.19 bits per heavy atom. The van der Waals surface area contributed by atoms with Gasteiger partial charge in [-0.1, -0.05) is 64.2 Å². The summed E-state index contributed by atoms with van der Waals surface area (Å²) in [5, 5.41) is 8.68. The van der Waals surface area contributed by atoms with E-state index in [1.54, 1.807) is 4.90 Å². The zero-order chi connectivity index (χ0) is 21.7. The van der Waals surface area contributed by atoms with Crippen molar-refractivity contribution in [2.75, 3.05) is 19.6 Å². The predicted octanol–water partition coefficient (Wildman–Crippen LogP) is 5.53. The molecule has 0 unspecified atom stereocenters. The van der Waals surface area contributed by atoms with Crippen molar-refractivity contribution in [3.05, 3.63) is 0 Å². The van der Waals surface area contributed by atoms with Crippen LogP contribution in [0.2, 0.25) is 0 Å². The minimum absolute atomic E-state index is 0.242. The van der Waals surface area contributed by atoms with Crippen LogP contribution in [0.25, 0.3) is 0 Å². The van der Waals surface area contributed by atoms with Gasteiger partial charge in [0.15, 0.2) is 0 Å². The van der Waals surface area contributed by atoms with Gasteiger partial charge < -0.3 is 9.80 Å². The maximum atomic E-state index is 13.8. The lowest BCUT2D eigenvalue weighted by Crippen LogP contribution is -2.39. The SMILES string of the molecule is N=C1C[C@](CCC2CCCCC2)(CC2CCCCC2)C(=O)N1CCCN1CCCC1=O. The number of nitrogens with zero attached hydrogens (tertiary/aromatic N) is 2. The molecule has 0 bridgehead atoms. The third kappa shape index (κ3) is 5.51. The second kappa shape index (κ2) is 10.5. The molecule has 0 spiro atoms. The molecule has 2 aliphatic heterocycles. The highest BCUT2D eigenvalue weighted by atomic mass is 16.2. The van der Waals surface area contributed by atoms with Crippen molar-refractivity contribution < 1.29 is 9.59 Å². The first-order valence-corrected chi connectivity index (χ1v) is 13.2. The summed E-state index contributed by atoms with van der Waals surface area (Å²) in [6.07, 6.45) is 19.5. The molecule has 31 heavy (non-hydrogen) atoms. The molecular weight excluding hydrogens is 386 g/mol. The largest absolute Gasteiger partial charge is 0.343 e. The molecule has 0 radical (unpaired) electrons. The number of carbonyl (C=O) groups excluding carboxylic acids is 2. The van der Waals surface area contributed by atoms with Crippen molar-refractivity contribution in [3.8, 4) is 0 Å². The zero-order valence-corrected chi connectivity index (χ0v) is 19.5. The Morgan fingerprint density at radius 1 is 0.871 bits per heavy atom. The van der Waals surface area contributed by atoms with E-state index in [0.717, 1.165) is 44.7 Å². The molecule has 2 heterocycles. The van der Waals surface area contributed by atoms with Gasteiger partial charge in [-0.05, 0) is 43.9 Å². The van der Waals surface area contributed by atoms with E-state index in [1.165, 1.54) is 70.6 Å². The van der Waals surface area contributed by atoms with Crippen LogP contribution in [0.4, 0.5) is 0 Å². The summed E-state index contributed by atoms with van der Waals surface area (Å²) in [6, 6.07) is 0. The quantitative estimate of drug-likeness (QED) is 0.524. The van der Waals surface area contributed by atoms with Gasteiger partial charge in [-0.3, -0.25) is 15.0 Å². The Hall–Kier alpha value is -1.39. The molecule has 1 N–H and O–H groups in total. The zero-order valence-electron chi connectivity index (χ0n) is 19.5. The molecule has 1 atom stereocenters. The summed E-state index contributed by atoms with van der Waals surface area (Å²) in [4.78, 5) is 29.4. The molecule has 4 fully saturated rings. The van der Waals surface area contributed by atoms with Gasteiger partial charge in [-0.25, -0.2) is 0 Å². The molecule has 4 aliphatic rings. The maximum Gasteiger partial charge on any atom is 0.234 e. The van der Waals surface area contributed by atoms with Crippen LogP contribution in [0.1, 0.15) is 109 Å². The number of rotatable bonds is 9. The molecule has 0 aromatic rings. The van der Waals surface area contributed by atoms with Crippen LogP contribution in [-0.2, 0) is 9.59 Å². The van der Waals surface area contributed by atoms with Crippen molar-refractivity contribution in [1.82, 2.24) is 9.80 Å². The molecule has 174 valence electrons. The molecule has 2 amide bonds. The maximum absolute atomic E-state index is 13.8. The Labute approximate surface area is 188 Å². The second-order valence-corrected chi connectivity index (χ2v) is 10.9. The summed E-state index contributed by atoms with van der Waals surface area (Å²) in [5.41, 5.74) is -0.319. The van der Waals surface area contributed by atoms with Crippen LogP contribution in [-0.4, -0.2) is 47.1 Å². The summed E-state index contributed by atoms with van der Waals surface area (Å²) in [5.74, 6) is 2.49. The average molecular weight is 430 g/mol. The van der Waals surface area contributed by atoms with Crippen LogP contribution in [0.15, 0.2) is 0 Å². The fourth-order valence-electron chi connectivity index (χ4n) is 6.85. The molecule has 0 aromatic heterocycles. The van der Waals surface area contributed by atoms with Crippen LogP contribution in [0, 0.1) is 22.7 Å². The molecule has 4 rings (SSSR count). The van der Waals surface area contributed by atoms with E-state index in [-0.39, 0.29) is 17.2 Å². The summed E-state index contributed by atoms with van der Waals surface area (Å²) in [6.45, 7) is 2.20. The third-order valence-electron chi connectivity index (χ3n) is 8.67. The fourth-order valence-corrected chi connectivity index (χ4v) is 6.85. The molecule has 5 nitrogen and oxygen atoms in total. The topological polar surface area (TPSA) is 64.5 Å². The number of carbonyl (C=O) groups is 2. The van der Waals surface area contributed by atoms with Gasteiger partial charge >= 0.3 is 0 Å². The number of amides is 2. The molecule has 5 heteroatoms. The van der Waals surface area contributed by atoms with Gasteiger partial charge in [-0.15, -0.1) is 0 Å². The highest BCUT2D eigenvalue weighted by Gasteiger charge is 2.50. The summed E-state index contributed by atoms with van der Waals surface area (Å²) in [7, 11) is 0. The van der Waals surface area contributed by atoms with Crippen molar-refractivity contribution >= 4 is 17.6 Å². The van der Waals surface area contributed by atoms with Gasteiger partial charge in [-0.2, -0.15) is 0 Å². The number of hydrogen-bond acceptors (Lipinski definition) is 3. The summed E-state index contributed by atoms with van der Waals surface area (Å²) < 4.78 is 0. The highest BCUT2D eigenvalue weighted by Crippen LogP contribution is 2.47. The monoisotopic (exact) mass is 429 g/mol. The van der Waals surface area contributed by atoms with Gasteiger partial charge in [0, 0.05) is 32.5 Å². The normalized spacial score (nSPS) is 28.8. The van der Waals surface area contributed by atoms with E-state index in [4.69, 9.17) is 5.41 Å². The highest BCUT2D eigenvalue weighted by molar-refractivity contribution is 6.07. The van der Waals surface area contributed by atoms with E-state index in [1.807, 2.05) is 4.90 Å². The lowest BCUT2D eigenvalue weighted by atomic mass is 9.69. The minimum Gasteiger partial charge on any atom is -0.343 e. The number of amidine groups is 1. The molecule has 2 saturated carbocycles. The van der Waals surface area contributed by atoms with Crippen molar-refractivity contribution in [3.63, 3.8) is 0 Å². The van der Waals surface area contributed by atoms with E-state index in [2.05, 4.69) is 0 Å². The number of hydrogen-bond donors (Lipinski definition) is 1. The van der Waals surface area contributed by atoms with Crippen LogP contribution >= 0.6 is 0 Å². The van der Waals surface area contributed by atoms with Crippen molar-refractivity contribution in [2.45, 2.75) is 109 Å².